The Morgan fingerprint density at radius 2 is 1.85 bits per heavy atom. The highest BCUT2D eigenvalue weighted by Gasteiger charge is 2.41. The van der Waals surface area contributed by atoms with Crippen molar-refractivity contribution in [2.45, 2.75) is 65.1 Å². The Bertz CT molecular complexity index is 1330. The van der Waals surface area contributed by atoms with Gasteiger partial charge in [-0.1, -0.05) is 45.0 Å². The number of fused-ring (bicyclic) bond motifs is 1. The lowest BCUT2D eigenvalue weighted by Crippen LogP contribution is -2.59. The summed E-state index contributed by atoms with van der Waals surface area (Å²) in [6, 6.07) is 12.0. The van der Waals surface area contributed by atoms with Crippen LogP contribution in [0.5, 0.6) is 0 Å². The molecule has 0 radical (unpaired) electrons. The van der Waals surface area contributed by atoms with Crippen LogP contribution in [0, 0.1) is 11.2 Å². The normalized spacial score (nSPS) is 16.9. The maximum Gasteiger partial charge on any atom is 0.309 e. The van der Waals surface area contributed by atoms with E-state index in [1.165, 1.54) is 12.1 Å². The summed E-state index contributed by atoms with van der Waals surface area (Å²) in [5.41, 5.74) is 1.47. The van der Waals surface area contributed by atoms with E-state index >= 15 is 0 Å². The van der Waals surface area contributed by atoms with Crippen LogP contribution in [0.3, 0.4) is 0 Å². The van der Waals surface area contributed by atoms with Crippen LogP contribution >= 0.6 is 0 Å². The summed E-state index contributed by atoms with van der Waals surface area (Å²) < 4.78 is 19.3. The second kappa shape index (κ2) is 12.8. The molecule has 2 heterocycles. The fraction of sp³-hybridized carbons (Fsp3) is 0.484. The van der Waals surface area contributed by atoms with Crippen molar-refractivity contribution in [3.63, 3.8) is 0 Å². The Kier molecular flexibility index (Phi) is 9.42. The molecular weight excluding hydrogens is 525 g/mol. The van der Waals surface area contributed by atoms with E-state index in [4.69, 9.17) is 4.42 Å². The van der Waals surface area contributed by atoms with E-state index in [-0.39, 0.29) is 42.0 Å². The molecule has 2 unspecified atom stereocenters. The number of nitrogens with one attached hydrogen (secondary N) is 2. The predicted octanol–water partition coefficient (Wildman–Crippen LogP) is 3.78. The van der Waals surface area contributed by atoms with E-state index in [1.54, 1.807) is 48.0 Å². The van der Waals surface area contributed by atoms with Gasteiger partial charge >= 0.3 is 5.91 Å². The fourth-order valence-electron chi connectivity index (χ4n) is 5.07. The molecule has 9 nitrogen and oxygen atoms in total. The minimum absolute atomic E-state index is 0.0120. The zero-order valence-electron chi connectivity index (χ0n) is 24.4. The lowest BCUT2D eigenvalue weighted by molar-refractivity contribution is -0.140. The first kappa shape index (κ1) is 30.2. The maximum absolute atomic E-state index is 13.9. The molecule has 3 amide bonds. The lowest BCUT2D eigenvalue weighted by Gasteiger charge is -2.37. The number of nitrogens with zero attached hydrogens (tertiary/aromatic N) is 3. The van der Waals surface area contributed by atoms with E-state index in [1.807, 2.05) is 32.9 Å². The summed E-state index contributed by atoms with van der Waals surface area (Å²) in [5.74, 6) is -1.11. The zero-order valence-corrected chi connectivity index (χ0v) is 24.4. The third-order valence-electron chi connectivity index (χ3n) is 7.66. The van der Waals surface area contributed by atoms with Gasteiger partial charge in [0.25, 0.3) is 5.89 Å². The molecule has 0 aliphatic carbocycles. The van der Waals surface area contributed by atoms with Crippen LogP contribution in [0.4, 0.5) is 4.39 Å². The van der Waals surface area contributed by atoms with Crippen LogP contribution in [0.25, 0.3) is 11.1 Å². The number of carbonyl (C=O) groups excluding carboxylic acids is 3. The number of hydrogen-bond acceptors (Lipinski definition) is 6. The minimum Gasteiger partial charge on any atom is -0.432 e. The van der Waals surface area contributed by atoms with Crippen LogP contribution in [-0.2, 0) is 16.0 Å². The van der Waals surface area contributed by atoms with Gasteiger partial charge in [0, 0.05) is 25.7 Å². The molecule has 0 bridgehead atoms. The number of rotatable bonds is 10. The van der Waals surface area contributed by atoms with Gasteiger partial charge in [-0.3, -0.25) is 14.4 Å². The van der Waals surface area contributed by atoms with Crippen molar-refractivity contribution in [3.05, 3.63) is 65.8 Å². The number of hydrogen-bond donors (Lipinski definition) is 2. The molecule has 1 saturated heterocycles. The van der Waals surface area contributed by atoms with Gasteiger partial charge in [-0.15, -0.1) is 0 Å². The monoisotopic (exact) mass is 565 g/mol. The zero-order chi connectivity index (χ0) is 29.7. The van der Waals surface area contributed by atoms with Crippen LogP contribution in [0.15, 0.2) is 52.9 Å². The molecular formula is C31H40FN5O4. The third kappa shape index (κ3) is 7.30. The van der Waals surface area contributed by atoms with Gasteiger partial charge in [0.15, 0.2) is 5.58 Å². The van der Waals surface area contributed by atoms with Gasteiger partial charge in [-0.05, 0) is 68.5 Å². The molecule has 1 aliphatic rings. The molecule has 3 atom stereocenters. The molecule has 1 aromatic heterocycles. The van der Waals surface area contributed by atoms with Gasteiger partial charge < -0.3 is 24.9 Å². The molecule has 0 saturated carbocycles. The average Bonchev–Trinajstić information content (AvgIpc) is 3.60. The Labute approximate surface area is 240 Å². The molecule has 3 aromatic rings. The van der Waals surface area contributed by atoms with Gasteiger partial charge in [-0.2, -0.15) is 0 Å². The molecule has 220 valence electrons. The highest BCUT2D eigenvalue weighted by atomic mass is 19.1. The number of aromatic nitrogens is 1. The minimum atomic E-state index is -0.730. The highest BCUT2D eigenvalue weighted by molar-refractivity contribution is 5.93. The second-order valence-corrected chi connectivity index (χ2v) is 11.8. The summed E-state index contributed by atoms with van der Waals surface area (Å²) in [4.78, 5) is 48.3. The van der Waals surface area contributed by atoms with Crippen molar-refractivity contribution in [1.29, 1.82) is 0 Å². The maximum atomic E-state index is 13.9. The number of oxazole rings is 1. The summed E-state index contributed by atoms with van der Waals surface area (Å²) in [5, 5.41) is 5.86. The predicted molar refractivity (Wildman–Crippen MR) is 155 cm³/mol. The Balaban J connectivity index is 1.57. The largest absolute Gasteiger partial charge is 0.432 e. The summed E-state index contributed by atoms with van der Waals surface area (Å²) in [6.07, 6.45) is 2.00. The van der Waals surface area contributed by atoms with Crippen LogP contribution < -0.4 is 10.6 Å². The Morgan fingerprint density at radius 1 is 1.15 bits per heavy atom. The number of likely N-dealkylation sites (N-methyl/N-ethyl adjacent to an activating group) is 1. The summed E-state index contributed by atoms with van der Waals surface area (Å²) in [7, 11) is 1.70. The number of likely N-dealkylation sites (tertiary alicyclic amines) is 1. The van der Waals surface area contributed by atoms with Gasteiger partial charge in [0.2, 0.25) is 11.8 Å². The molecule has 4 rings (SSSR count). The average molecular weight is 566 g/mol. The molecule has 1 aliphatic heterocycles. The van der Waals surface area contributed by atoms with Crippen LogP contribution in [-0.4, -0.2) is 77.3 Å². The number of benzene rings is 2. The van der Waals surface area contributed by atoms with Crippen molar-refractivity contribution >= 4 is 28.8 Å². The standard InChI is InChI=1S/C31H40FN5O4/c1-20(33-5)27(38)35-26(31(2,3)4)29(39)37-17-8-9-23(37)19-36(18-16-21-12-14-22(32)15-13-21)30(40)28-34-24-10-6-7-11-25(24)41-28/h6-7,10-15,20,23,26,33H,8-9,16-19H2,1-5H3,(H,35,38)/t20-,23?,26?/m0/s1. The molecule has 10 heteroatoms. The fourth-order valence-corrected chi connectivity index (χ4v) is 5.07. The summed E-state index contributed by atoms with van der Waals surface area (Å²) >= 11 is 0. The van der Waals surface area contributed by atoms with E-state index < -0.39 is 17.5 Å². The van der Waals surface area contributed by atoms with Gasteiger partial charge in [-0.25, -0.2) is 9.37 Å². The number of para-hydroxylation sites is 2. The highest BCUT2D eigenvalue weighted by Crippen LogP contribution is 2.27. The van der Waals surface area contributed by atoms with Crippen molar-refractivity contribution in [1.82, 2.24) is 25.4 Å². The van der Waals surface area contributed by atoms with Crippen molar-refractivity contribution in [2.24, 2.45) is 5.41 Å². The molecule has 2 aromatic carbocycles. The van der Waals surface area contributed by atoms with Crippen LogP contribution in [0.1, 0.15) is 56.8 Å². The number of carbonyl (C=O) groups is 3. The number of halogens is 1. The Hall–Kier alpha value is -3.79. The molecule has 1 fully saturated rings. The first-order chi connectivity index (χ1) is 19.5. The number of amides is 3. The molecule has 2 N–H and O–H groups in total. The van der Waals surface area contributed by atoms with E-state index in [9.17, 15) is 18.8 Å². The topological polar surface area (TPSA) is 108 Å². The lowest BCUT2D eigenvalue weighted by atomic mass is 9.85. The first-order valence-electron chi connectivity index (χ1n) is 14.2. The van der Waals surface area contributed by atoms with Crippen molar-refractivity contribution < 1.29 is 23.2 Å². The van der Waals surface area contributed by atoms with Crippen molar-refractivity contribution in [3.8, 4) is 0 Å². The summed E-state index contributed by atoms with van der Waals surface area (Å²) in [6.45, 7) is 8.68. The van der Waals surface area contributed by atoms with E-state index in [2.05, 4.69) is 15.6 Å². The van der Waals surface area contributed by atoms with Crippen molar-refractivity contribution in [2.75, 3.05) is 26.7 Å². The Morgan fingerprint density at radius 3 is 2.51 bits per heavy atom. The van der Waals surface area contributed by atoms with Gasteiger partial charge in [0.1, 0.15) is 17.4 Å². The first-order valence-corrected chi connectivity index (χ1v) is 14.2. The molecule has 41 heavy (non-hydrogen) atoms. The van der Waals surface area contributed by atoms with Gasteiger partial charge in [0.05, 0.1) is 6.04 Å². The smallest absolute Gasteiger partial charge is 0.309 e. The quantitative estimate of drug-likeness (QED) is 0.388. The van der Waals surface area contributed by atoms with E-state index in [0.29, 0.717) is 30.6 Å². The third-order valence-corrected chi connectivity index (χ3v) is 7.66. The second-order valence-electron chi connectivity index (χ2n) is 11.8. The molecule has 0 spiro atoms. The van der Waals surface area contributed by atoms with Crippen LogP contribution in [0.2, 0.25) is 0 Å². The SMILES string of the molecule is CN[C@@H](C)C(=O)NC(C(=O)N1CCCC1CN(CCc1ccc(F)cc1)C(=O)c1nc2ccccc2o1)C(C)(C)C. The van der Waals surface area contributed by atoms with E-state index in [0.717, 1.165) is 18.4 Å².